The average molecular weight is 348 g/mol. The topological polar surface area (TPSA) is 79.9 Å². The number of benzene rings is 1. The lowest BCUT2D eigenvalue weighted by molar-refractivity contribution is 0.0695. The third kappa shape index (κ3) is 2.93. The first-order valence-corrected chi connectivity index (χ1v) is 8.03. The molecule has 1 aromatic heterocycles. The molecule has 1 aliphatic heterocycles. The molecule has 134 valence electrons. The SMILES string of the molecule is CN1CCN(c2c(F)cc3c(=O)c(C(=O)O)c[nH]c3c2N(C)C)CC1. The zero-order chi connectivity index (χ0) is 18.3. The quantitative estimate of drug-likeness (QED) is 0.867. The number of rotatable bonds is 3. The van der Waals surface area contributed by atoms with Crippen LogP contribution in [0, 0.1) is 5.82 Å². The number of halogens is 1. The number of pyridine rings is 1. The van der Waals surface area contributed by atoms with E-state index in [2.05, 4.69) is 9.88 Å². The number of aromatic amines is 1. The van der Waals surface area contributed by atoms with Gasteiger partial charge in [0, 0.05) is 46.5 Å². The van der Waals surface area contributed by atoms with Crippen molar-refractivity contribution in [3.63, 3.8) is 0 Å². The van der Waals surface area contributed by atoms with Crippen LogP contribution in [0.5, 0.6) is 0 Å². The Morgan fingerprint density at radius 2 is 1.92 bits per heavy atom. The summed E-state index contributed by atoms with van der Waals surface area (Å²) in [6.07, 6.45) is 1.17. The number of hydrogen-bond acceptors (Lipinski definition) is 5. The summed E-state index contributed by atoms with van der Waals surface area (Å²) in [6, 6.07) is 1.14. The molecule has 0 aliphatic carbocycles. The molecule has 1 saturated heterocycles. The Morgan fingerprint density at radius 1 is 1.28 bits per heavy atom. The number of piperazine rings is 1. The summed E-state index contributed by atoms with van der Waals surface area (Å²) in [5.74, 6) is -1.85. The van der Waals surface area contributed by atoms with Crippen LogP contribution in [-0.2, 0) is 0 Å². The van der Waals surface area contributed by atoms with E-state index < -0.39 is 22.8 Å². The maximum Gasteiger partial charge on any atom is 0.341 e. The highest BCUT2D eigenvalue weighted by molar-refractivity contribution is 6.01. The molecule has 0 unspecified atom stereocenters. The molecule has 0 atom stereocenters. The number of hydrogen-bond donors (Lipinski definition) is 2. The molecule has 0 radical (unpaired) electrons. The van der Waals surface area contributed by atoms with E-state index in [9.17, 15) is 14.0 Å². The first-order chi connectivity index (χ1) is 11.8. The Balaban J connectivity index is 2.26. The van der Waals surface area contributed by atoms with Gasteiger partial charge in [0.2, 0.25) is 5.43 Å². The van der Waals surface area contributed by atoms with Crippen LogP contribution in [0.3, 0.4) is 0 Å². The lowest BCUT2D eigenvalue weighted by atomic mass is 10.1. The highest BCUT2D eigenvalue weighted by Gasteiger charge is 2.25. The van der Waals surface area contributed by atoms with E-state index in [-0.39, 0.29) is 5.39 Å². The maximum atomic E-state index is 15.0. The Hall–Kier alpha value is -2.61. The van der Waals surface area contributed by atoms with Crippen molar-refractivity contribution in [1.82, 2.24) is 9.88 Å². The smallest absolute Gasteiger partial charge is 0.341 e. The number of fused-ring (bicyclic) bond motifs is 1. The lowest BCUT2D eigenvalue weighted by Crippen LogP contribution is -2.45. The molecule has 2 N–H and O–H groups in total. The monoisotopic (exact) mass is 348 g/mol. The molecule has 3 rings (SSSR count). The first kappa shape index (κ1) is 17.2. The van der Waals surface area contributed by atoms with E-state index in [1.165, 1.54) is 6.20 Å². The summed E-state index contributed by atoms with van der Waals surface area (Å²) >= 11 is 0. The van der Waals surface area contributed by atoms with Gasteiger partial charge in [-0.05, 0) is 13.1 Å². The van der Waals surface area contributed by atoms with Gasteiger partial charge in [-0.15, -0.1) is 0 Å². The fourth-order valence-corrected chi connectivity index (χ4v) is 3.23. The van der Waals surface area contributed by atoms with Crippen LogP contribution >= 0.6 is 0 Å². The molecule has 0 saturated carbocycles. The van der Waals surface area contributed by atoms with Crippen LogP contribution in [0.15, 0.2) is 17.1 Å². The molecule has 1 aromatic carbocycles. The van der Waals surface area contributed by atoms with E-state index in [4.69, 9.17) is 5.11 Å². The minimum atomic E-state index is -1.34. The summed E-state index contributed by atoms with van der Waals surface area (Å²) in [7, 11) is 5.57. The number of carboxylic acids is 1. The Bertz CT molecular complexity index is 886. The summed E-state index contributed by atoms with van der Waals surface area (Å²) < 4.78 is 15.0. The predicted molar refractivity (Wildman–Crippen MR) is 95.5 cm³/mol. The van der Waals surface area contributed by atoms with Crippen molar-refractivity contribution >= 4 is 28.2 Å². The summed E-state index contributed by atoms with van der Waals surface area (Å²) in [4.78, 5) is 32.4. The molecule has 25 heavy (non-hydrogen) atoms. The van der Waals surface area contributed by atoms with Gasteiger partial charge in [0.05, 0.1) is 22.3 Å². The number of carboxylic acid groups (broad SMARTS) is 1. The van der Waals surface area contributed by atoms with Crippen LogP contribution in [0.2, 0.25) is 0 Å². The highest BCUT2D eigenvalue weighted by Crippen LogP contribution is 2.37. The van der Waals surface area contributed by atoms with Crippen molar-refractivity contribution in [3.8, 4) is 0 Å². The van der Waals surface area contributed by atoms with Gasteiger partial charge >= 0.3 is 5.97 Å². The molecular weight excluding hydrogens is 327 g/mol. The van der Waals surface area contributed by atoms with Crippen molar-refractivity contribution in [2.75, 3.05) is 57.1 Å². The molecule has 1 aliphatic rings. The van der Waals surface area contributed by atoms with Crippen LogP contribution in [-0.4, -0.2) is 68.3 Å². The van der Waals surface area contributed by atoms with Crippen LogP contribution < -0.4 is 15.2 Å². The zero-order valence-electron chi connectivity index (χ0n) is 14.5. The fourth-order valence-electron chi connectivity index (χ4n) is 3.23. The molecule has 1 fully saturated rings. The maximum absolute atomic E-state index is 15.0. The fraction of sp³-hybridized carbons (Fsp3) is 0.412. The van der Waals surface area contributed by atoms with E-state index >= 15 is 0 Å². The summed E-state index contributed by atoms with van der Waals surface area (Å²) in [6.45, 7) is 2.99. The van der Waals surface area contributed by atoms with Gasteiger partial charge in [-0.1, -0.05) is 0 Å². The number of aromatic nitrogens is 1. The third-order valence-corrected chi connectivity index (χ3v) is 4.57. The van der Waals surface area contributed by atoms with Gasteiger partial charge < -0.3 is 24.8 Å². The van der Waals surface area contributed by atoms with Gasteiger partial charge in [-0.3, -0.25) is 4.79 Å². The Morgan fingerprint density at radius 3 is 2.48 bits per heavy atom. The summed E-state index contributed by atoms with van der Waals surface area (Å²) in [5, 5.41) is 9.16. The van der Waals surface area contributed by atoms with E-state index in [1.54, 1.807) is 19.0 Å². The number of nitrogens with one attached hydrogen (secondary N) is 1. The molecular formula is C17H21FN4O3. The van der Waals surface area contributed by atoms with Crippen molar-refractivity contribution in [2.24, 2.45) is 0 Å². The summed E-state index contributed by atoms with van der Waals surface area (Å²) in [5.41, 5.74) is 0.338. The van der Waals surface area contributed by atoms with Crippen molar-refractivity contribution in [2.45, 2.75) is 0 Å². The van der Waals surface area contributed by atoms with E-state index in [1.807, 2.05) is 11.9 Å². The van der Waals surface area contributed by atoms with Gasteiger partial charge in [0.15, 0.2) is 0 Å². The number of nitrogens with zero attached hydrogens (tertiary/aromatic N) is 3. The number of likely N-dealkylation sites (N-methyl/N-ethyl adjacent to an activating group) is 1. The van der Waals surface area contributed by atoms with Gasteiger partial charge in [-0.25, -0.2) is 9.18 Å². The van der Waals surface area contributed by atoms with E-state index in [0.29, 0.717) is 30.0 Å². The Kier molecular flexibility index (Phi) is 4.38. The lowest BCUT2D eigenvalue weighted by Gasteiger charge is -2.36. The van der Waals surface area contributed by atoms with Gasteiger partial charge in [-0.2, -0.15) is 0 Å². The standard InChI is InChI=1S/C17H21FN4O3/c1-20(2)15-13-10(16(23)11(9-19-13)17(24)25)8-12(18)14(15)22-6-4-21(3)5-7-22/h8-9H,4-7H2,1-3H3,(H,19,23)(H,24,25). The predicted octanol–water partition coefficient (Wildman–Crippen LogP) is 1.18. The second kappa shape index (κ2) is 6.36. The molecule has 2 aromatic rings. The second-order valence-corrected chi connectivity index (χ2v) is 6.50. The second-order valence-electron chi connectivity index (χ2n) is 6.50. The molecule has 8 heteroatoms. The normalized spacial score (nSPS) is 15.6. The van der Waals surface area contributed by atoms with Gasteiger partial charge in [0.1, 0.15) is 11.4 Å². The average Bonchev–Trinajstić information content (AvgIpc) is 2.55. The van der Waals surface area contributed by atoms with Crippen LogP contribution in [0.4, 0.5) is 15.8 Å². The first-order valence-electron chi connectivity index (χ1n) is 8.03. The minimum absolute atomic E-state index is 0.0407. The van der Waals surface area contributed by atoms with Crippen LogP contribution in [0.1, 0.15) is 10.4 Å². The van der Waals surface area contributed by atoms with Crippen molar-refractivity contribution in [1.29, 1.82) is 0 Å². The molecule has 7 nitrogen and oxygen atoms in total. The third-order valence-electron chi connectivity index (χ3n) is 4.57. The zero-order valence-corrected chi connectivity index (χ0v) is 14.5. The minimum Gasteiger partial charge on any atom is -0.477 e. The van der Waals surface area contributed by atoms with Crippen LogP contribution in [0.25, 0.3) is 10.9 Å². The molecule has 0 bridgehead atoms. The largest absolute Gasteiger partial charge is 0.477 e. The molecule has 0 amide bonds. The van der Waals surface area contributed by atoms with E-state index in [0.717, 1.165) is 19.2 Å². The number of carbonyl (C=O) groups is 1. The van der Waals surface area contributed by atoms with Crippen molar-refractivity contribution in [3.05, 3.63) is 33.9 Å². The number of H-pyrrole nitrogens is 1. The highest BCUT2D eigenvalue weighted by atomic mass is 19.1. The number of anilines is 2. The van der Waals surface area contributed by atoms with Gasteiger partial charge in [0.25, 0.3) is 0 Å². The number of aromatic carboxylic acids is 1. The van der Waals surface area contributed by atoms with Crippen molar-refractivity contribution < 1.29 is 14.3 Å². The molecule has 2 heterocycles. The molecule has 0 spiro atoms. The Labute approximate surface area is 144 Å².